The molecule has 0 spiro atoms. The molecule has 1 aromatic heterocycles. The molecule has 2 N–H and O–H groups in total. The molecule has 0 saturated heterocycles. The van der Waals surface area contributed by atoms with Gasteiger partial charge < -0.3 is 5.73 Å². The highest BCUT2D eigenvalue weighted by molar-refractivity contribution is 5.85. The van der Waals surface area contributed by atoms with Gasteiger partial charge in [-0.25, -0.2) is 9.37 Å². The normalized spacial score (nSPS) is 11.7. The summed E-state index contributed by atoms with van der Waals surface area (Å²) in [4.78, 5) is 4.30. The van der Waals surface area contributed by atoms with Gasteiger partial charge in [-0.05, 0) is 35.6 Å². The molecule has 0 aliphatic heterocycles. The van der Waals surface area contributed by atoms with Gasteiger partial charge in [-0.3, -0.25) is 0 Å². The van der Waals surface area contributed by atoms with Gasteiger partial charge in [0.1, 0.15) is 11.6 Å². The van der Waals surface area contributed by atoms with Crippen molar-refractivity contribution in [3.05, 3.63) is 35.1 Å². The molecule has 0 atom stereocenters. The van der Waals surface area contributed by atoms with Crippen LogP contribution in [0.25, 0.3) is 10.9 Å². The standard InChI is InChI=1S/C15H19FN2/c1-8(2)11-7-10-5-6-12(17)18-15(10)13(9(3)4)14(11)16/h5-9H,1-4H3,(H2,17,18). The number of nitrogens with two attached hydrogens (primary N) is 1. The van der Waals surface area contributed by atoms with Crippen molar-refractivity contribution in [2.24, 2.45) is 0 Å². The molecule has 1 heterocycles. The Kier molecular flexibility index (Phi) is 3.24. The lowest BCUT2D eigenvalue weighted by molar-refractivity contribution is 0.575. The Morgan fingerprint density at radius 1 is 1.11 bits per heavy atom. The molecule has 0 aliphatic carbocycles. The molecule has 0 aliphatic rings. The van der Waals surface area contributed by atoms with E-state index in [1.54, 1.807) is 6.07 Å². The molecule has 18 heavy (non-hydrogen) atoms. The van der Waals surface area contributed by atoms with Crippen LogP contribution in [0.2, 0.25) is 0 Å². The van der Waals surface area contributed by atoms with E-state index in [0.717, 1.165) is 10.9 Å². The number of nitrogens with zero attached hydrogens (tertiary/aromatic N) is 1. The zero-order valence-electron chi connectivity index (χ0n) is 11.3. The highest BCUT2D eigenvalue weighted by atomic mass is 19.1. The fourth-order valence-corrected chi connectivity index (χ4v) is 2.25. The van der Waals surface area contributed by atoms with Crippen molar-refractivity contribution < 1.29 is 4.39 Å². The number of benzene rings is 1. The molecule has 0 amide bonds. The van der Waals surface area contributed by atoms with Gasteiger partial charge in [-0.1, -0.05) is 27.7 Å². The highest BCUT2D eigenvalue weighted by Gasteiger charge is 2.18. The number of fused-ring (bicyclic) bond motifs is 1. The third-order valence-corrected chi connectivity index (χ3v) is 3.20. The van der Waals surface area contributed by atoms with Crippen molar-refractivity contribution in [2.45, 2.75) is 39.5 Å². The van der Waals surface area contributed by atoms with Gasteiger partial charge >= 0.3 is 0 Å². The molecule has 96 valence electrons. The molecule has 0 radical (unpaired) electrons. The van der Waals surface area contributed by atoms with Gasteiger partial charge in [0.2, 0.25) is 0 Å². The van der Waals surface area contributed by atoms with E-state index >= 15 is 0 Å². The number of pyridine rings is 1. The number of anilines is 1. The minimum atomic E-state index is -0.134. The van der Waals surface area contributed by atoms with E-state index in [4.69, 9.17) is 5.73 Å². The average molecular weight is 246 g/mol. The summed E-state index contributed by atoms with van der Waals surface area (Å²) in [5.41, 5.74) is 7.81. The number of hydrogen-bond acceptors (Lipinski definition) is 2. The summed E-state index contributed by atoms with van der Waals surface area (Å²) in [5.74, 6) is 0.539. The minimum absolute atomic E-state index is 0.0838. The van der Waals surface area contributed by atoms with E-state index in [1.807, 2.05) is 39.8 Å². The molecule has 3 heteroatoms. The van der Waals surface area contributed by atoms with Gasteiger partial charge in [0.15, 0.2) is 0 Å². The molecule has 0 fully saturated rings. The molecule has 0 unspecified atom stereocenters. The molecule has 0 bridgehead atoms. The Balaban J connectivity index is 2.88. The highest BCUT2D eigenvalue weighted by Crippen LogP contribution is 2.33. The quantitative estimate of drug-likeness (QED) is 0.862. The molecule has 2 aromatic rings. The first-order valence-electron chi connectivity index (χ1n) is 6.30. The molecular weight excluding hydrogens is 227 g/mol. The SMILES string of the molecule is CC(C)c1cc2ccc(N)nc2c(C(C)C)c1F. The number of halogens is 1. The summed E-state index contributed by atoms with van der Waals surface area (Å²) in [5, 5.41) is 0.956. The first-order valence-corrected chi connectivity index (χ1v) is 6.30. The second-order valence-corrected chi connectivity index (χ2v) is 5.31. The maximum absolute atomic E-state index is 14.6. The predicted molar refractivity (Wildman–Crippen MR) is 74.3 cm³/mol. The molecular formula is C15H19FN2. The fourth-order valence-electron chi connectivity index (χ4n) is 2.25. The fraction of sp³-hybridized carbons (Fsp3) is 0.400. The average Bonchev–Trinajstić information content (AvgIpc) is 2.26. The minimum Gasteiger partial charge on any atom is -0.384 e. The van der Waals surface area contributed by atoms with Crippen LogP contribution in [0.1, 0.15) is 50.7 Å². The van der Waals surface area contributed by atoms with Crippen LogP contribution < -0.4 is 5.73 Å². The van der Waals surface area contributed by atoms with Crippen LogP contribution in [0.5, 0.6) is 0 Å². The number of hydrogen-bond donors (Lipinski definition) is 1. The van der Waals surface area contributed by atoms with Crippen molar-refractivity contribution in [2.75, 3.05) is 5.73 Å². The first-order chi connectivity index (χ1) is 8.41. The van der Waals surface area contributed by atoms with Crippen LogP contribution in [0, 0.1) is 5.82 Å². The van der Waals surface area contributed by atoms with E-state index < -0.39 is 0 Å². The lowest BCUT2D eigenvalue weighted by Gasteiger charge is -2.16. The second-order valence-electron chi connectivity index (χ2n) is 5.31. The summed E-state index contributed by atoms with van der Waals surface area (Å²) >= 11 is 0. The zero-order chi connectivity index (χ0) is 13.4. The monoisotopic (exact) mass is 246 g/mol. The number of rotatable bonds is 2. The number of nitrogen functional groups attached to an aromatic ring is 1. The maximum Gasteiger partial charge on any atom is 0.132 e. The summed E-state index contributed by atoms with van der Waals surface area (Å²) in [6.45, 7) is 7.96. The third kappa shape index (κ3) is 2.05. The van der Waals surface area contributed by atoms with E-state index in [2.05, 4.69) is 4.98 Å². The Labute approximate surface area is 107 Å². The summed E-state index contributed by atoms with van der Waals surface area (Å²) in [7, 11) is 0. The van der Waals surface area contributed by atoms with Crippen molar-refractivity contribution in [1.29, 1.82) is 0 Å². The summed E-state index contributed by atoms with van der Waals surface area (Å²) in [6, 6.07) is 5.55. The lowest BCUT2D eigenvalue weighted by Crippen LogP contribution is -2.04. The van der Waals surface area contributed by atoms with Crippen molar-refractivity contribution in [3.8, 4) is 0 Å². The largest absolute Gasteiger partial charge is 0.384 e. The Morgan fingerprint density at radius 3 is 2.33 bits per heavy atom. The summed E-state index contributed by atoms with van der Waals surface area (Å²) in [6.07, 6.45) is 0. The predicted octanol–water partition coefficient (Wildman–Crippen LogP) is 4.20. The van der Waals surface area contributed by atoms with Gasteiger partial charge in [0, 0.05) is 10.9 Å². The lowest BCUT2D eigenvalue weighted by atomic mass is 9.91. The number of aromatic nitrogens is 1. The van der Waals surface area contributed by atoms with Crippen molar-refractivity contribution >= 4 is 16.7 Å². The van der Waals surface area contributed by atoms with Crippen LogP contribution in [-0.4, -0.2) is 4.98 Å². The zero-order valence-corrected chi connectivity index (χ0v) is 11.3. The van der Waals surface area contributed by atoms with Gasteiger partial charge in [-0.15, -0.1) is 0 Å². The van der Waals surface area contributed by atoms with E-state index in [-0.39, 0.29) is 17.7 Å². The van der Waals surface area contributed by atoms with Gasteiger partial charge in [0.05, 0.1) is 5.52 Å². The van der Waals surface area contributed by atoms with E-state index in [0.29, 0.717) is 16.9 Å². The van der Waals surface area contributed by atoms with E-state index in [9.17, 15) is 4.39 Å². The molecule has 0 saturated carbocycles. The van der Waals surface area contributed by atoms with Crippen LogP contribution in [0.4, 0.5) is 10.2 Å². The summed E-state index contributed by atoms with van der Waals surface area (Å²) < 4.78 is 14.6. The first kappa shape index (κ1) is 12.8. The van der Waals surface area contributed by atoms with Crippen LogP contribution in [0.15, 0.2) is 18.2 Å². The molecule has 1 aromatic carbocycles. The van der Waals surface area contributed by atoms with Gasteiger partial charge in [-0.2, -0.15) is 0 Å². The van der Waals surface area contributed by atoms with Crippen LogP contribution in [-0.2, 0) is 0 Å². The molecule has 2 rings (SSSR count). The second kappa shape index (κ2) is 4.56. The Morgan fingerprint density at radius 2 is 1.78 bits per heavy atom. The maximum atomic E-state index is 14.6. The van der Waals surface area contributed by atoms with Crippen molar-refractivity contribution in [1.82, 2.24) is 4.98 Å². The van der Waals surface area contributed by atoms with Crippen LogP contribution >= 0.6 is 0 Å². The smallest absolute Gasteiger partial charge is 0.132 e. The van der Waals surface area contributed by atoms with Crippen molar-refractivity contribution in [3.63, 3.8) is 0 Å². The molecule has 2 nitrogen and oxygen atoms in total. The van der Waals surface area contributed by atoms with Gasteiger partial charge in [0.25, 0.3) is 0 Å². The topological polar surface area (TPSA) is 38.9 Å². The third-order valence-electron chi connectivity index (χ3n) is 3.20. The Bertz CT molecular complexity index is 589. The van der Waals surface area contributed by atoms with E-state index in [1.165, 1.54) is 0 Å². The van der Waals surface area contributed by atoms with Crippen LogP contribution in [0.3, 0.4) is 0 Å². The Hall–Kier alpha value is -1.64.